The first-order valence-electron chi connectivity index (χ1n) is 7.87. The fraction of sp³-hybridized carbons (Fsp3) is 0.278. The molecule has 2 aromatic carbocycles. The van der Waals surface area contributed by atoms with E-state index >= 15 is 0 Å². The molecule has 0 aliphatic carbocycles. The third kappa shape index (κ3) is 3.35. The fourth-order valence-electron chi connectivity index (χ4n) is 2.81. The van der Waals surface area contributed by atoms with Crippen LogP contribution in [0.5, 0.6) is 0 Å². The van der Waals surface area contributed by atoms with Gasteiger partial charge in [-0.25, -0.2) is 8.42 Å². The number of carbonyl (C=O) groups is 1. The summed E-state index contributed by atoms with van der Waals surface area (Å²) in [6.45, 7) is 1.58. The predicted molar refractivity (Wildman–Crippen MR) is 96.2 cm³/mol. The van der Waals surface area contributed by atoms with Gasteiger partial charge in [-0.2, -0.15) is 0 Å². The molecular weight excluding hydrogens is 342 g/mol. The first kappa shape index (κ1) is 17.0. The van der Waals surface area contributed by atoms with Crippen LogP contribution in [-0.4, -0.2) is 25.8 Å². The van der Waals surface area contributed by atoms with E-state index in [0.717, 1.165) is 17.7 Å². The molecule has 0 fully saturated rings. The highest BCUT2D eigenvalue weighted by Crippen LogP contribution is 2.36. The van der Waals surface area contributed by atoms with Gasteiger partial charge in [-0.05, 0) is 30.2 Å². The van der Waals surface area contributed by atoms with Crippen molar-refractivity contribution >= 4 is 27.5 Å². The van der Waals surface area contributed by atoms with Crippen LogP contribution in [0.1, 0.15) is 35.3 Å². The summed E-state index contributed by atoms with van der Waals surface area (Å²) in [5.74, 6) is 0.561. The largest absolute Gasteiger partial charge is 0.345 e. The van der Waals surface area contributed by atoms with E-state index in [-0.39, 0.29) is 28.2 Å². The average molecular weight is 361 g/mol. The minimum absolute atomic E-state index is 0.0276. The van der Waals surface area contributed by atoms with Gasteiger partial charge in [0, 0.05) is 10.6 Å². The summed E-state index contributed by atoms with van der Waals surface area (Å²) in [7, 11) is -3.44. The lowest BCUT2D eigenvalue weighted by Crippen LogP contribution is -2.31. The van der Waals surface area contributed by atoms with Gasteiger partial charge in [0.25, 0.3) is 5.91 Å². The summed E-state index contributed by atoms with van der Waals surface area (Å²) in [6.07, 6.45) is 0.829. The van der Waals surface area contributed by atoms with Gasteiger partial charge in [0.15, 0.2) is 9.84 Å². The molecule has 6 heteroatoms. The van der Waals surface area contributed by atoms with Crippen LogP contribution in [0, 0.1) is 0 Å². The Morgan fingerprint density at radius 2 is 1.88 bits per heavy atom. The Bertz CT molecular complexity index is 862. The molecular formula is C18H19NO3S2. The van der Waals surface area contributed by atoms with Gasteiger partial charge in [0.2, 0.25) is 0 Å². The second-order valence-electron chi connectivity index (χ2n) is 5.60. The smallest absolute Gasteiger partial charge is 0.253 e. The van der Waals surface area contributed by atoms with Crippen LogP contribution < -0.4 is 5.32 Å². The van der Waals surface area contributed by atoms with Crippen molar-refractivity contribution in [2.24, 2.45) is 0 Å². The van der Waals surface area contributed by atoms with Crippen molar-refractivity contribution in [2.45, 2.75) is 29.2 Å². The molecule has 0 saturated heterocycles. The second-order valence-corrected chi connectivity index (χ2v) is 8.98. The fourth-order valence-corrected chi connectivity index (χ4v) is 5.03. The number of hydrogen-bond donors (Lipinski definition) is 1. The molecule has 1 atom stereocenters. The van der Waals surface area contributed by atoms with Gasteiger partial charge in [-0.3, -0.25) is 4.79 Å². The minimum Gasteiger partial charge on any atom is -0.345 e. The Balaban J connectivity index is 1.90. The van der Waals surface area contributed by atoms with Crippen LogP contribution in [0.2, 0.25) is 0 Å². The zero-order valence-electron chi connectivity index (χ0n) is 13.4. The van der Waals surface area contributed by atoms with E-state index in [9.17, 15) is 13.2 Å². The van der Waals surface area contributed by atoms with Crippen molar-refractivity contribution in [1.29, 1.82) is 0 Å². The molecule has 1 amide bonds. The van der Waals surface area contributed by atoms with Crippen LogP contribution in [0.3, 0.4) is 0 Å². The van der Waals surface area contributed by atoms with Crippen molar-refractivity contribution in [3.8, 4) is 0 Å². The van der Waals surface area contributed by atoms with Crippen molar-refractivity contribution < 1.29 is 13.2 Å². The topological polar surface area (TPSA) is 63.2 Å². The van der Waals surface area contributed by atoms with Gasteiger partial charge < -0.3 is 5.32 Å². The molecule has 1 N–H and O–H groups in total. The molecule has 4 nitrogen and oxygen atoms in total. The molecule has 0 unspecified atom stereocenters. The number of hydrogen-bond acceptors (Lipinski definition) is 4. The van der Waals surface area contributed by atoms with Crippen molar-refractivity contribution in [2.75, 3.05) is 11.5 Å². The first-order chi connectivity index (χ1) is 11.5. The molecule has 0 bridgehead atoms. The lowest BCUT2D eigenvalue weighted by atomic mass is 10.0. The average Bonchev–Trinajstić information content (AvgIpc) is 2.62. The molecule has 2 aromatic rings. The van der Waals surface area contributed by atoms with E-state index in [1.807, 2.05) is 24.3 Å². The van der Waals surface area contributed by atoms with E-state index in [2.05, 4.69) is 5.32 Å². The number of rotatable bonds is 4. The van der Waals surface area contributed by atoms with Crippen LogP contribution in [-0.2, 0) is 9.84 Å². The molecule has 1 aliphatic heterocycles. The molecule has 1 heterocycles. The zero-order valence-corrected chi connectivity index (χ0v) is 15.0. The van der Waals surface area contributed by atoms with Gasteiger partial charge in [-0.15, -0.1) is 11.8 Å². The lowest BCUT2D eigenvalue weighted by molar-refractivity contribution is 0.0931. The first-order valence-corrected chi connectivity index (χ1v) is 10.5. The van der Waals surface area contributed by atoms with Gasteiger partial charge in [0.1, 0.15) is 0 Å². The van der Waals surface area contributed by atoms with Gasteiger partial charge in [0.05, 0.1) is 22.3 Å². The van der Waals surface area contributed by atoms with E-state index in [4.69, 9.17) is 0 Å². The summed E-state index contributed by atoms with van der Waals surface area (Å²) in [5.41, 5.74) is 1.31. The summed E-state index contributed by atoms with van der Waals surface area (Å²) < 4.78 is 24.5. The molecule has 1 aliphatic rings. The Morgan fingerprint density at radius 1 is 1.17 bits per heavy atom. The zero-order chi connectivity index (χ0) is 17.2. The molecule has 126 valence electrons. The minimum atomic E-state index is -3.44. The molecule has 3 rings (SSSR count). The number of fused-ring (bicyclic) bond motifs is 1. The standard InChI is InChI=1S/C18H19NO3S2/c1-2-24(21,22)17-10-6-4-8-14(17)18(20)19-15-11-12-23-16-9-5-3-7-13(15)16/h3-10,15H,2,11-12H2,1H3,(H,19,20)/t15-/m0/s1. The van der Waals surface area contributed by atoms with Crippen molar-refractivity contribution in [3.63, 3.8) is 0 Å². The number of amides is 1. The number of benzene rings is 2. The summed E-state index contributed by atoms with van der Waals surface area (Å²) >= 11 is 1.78. The molecule has 0 spiro atoms. The van der Waals surface area contributed by atoms with Crippen LogP contribution in [0.4, 0.5) is 0 Å². The summed E-state index contributed by atoms with van der Waals surface area (Å²) in [6, 6.07) is 14.3. The van der Waals surface area contributed by atoms with E-state index in [1.54, 1.807) is 36.9 Å². The lowest BCUT2D eigenvalue weighted by Gasteiger charge is -2.26. The molecule has 0 saturated carbocycles. The Kier molecular flexibility index (Phi) is 4.96. The maximum Gasteiger partial charge on any atom is 0.253 e. The van der Waals surface area contributed by atoms with Crippen LogP contribution in [0.25, 0.3) is 0 Å². The van der Waals surface area contributed by atoms with Crippen LogP contribution >= 0.6 is 11.8 Å². The van der Waals surface area contributed by atoms with E-state index in [0.29, 0.717) is 0 Å². The number of sulfone groups is 1. The summed E-state index contributed by atoms with van der Waals surface area (Å²) in [4.78, 5) is 14.0. The van der Waals surface area contributed by atoms with Crippen LogP contribution in [0.15, 0.2) is 58.3 Å². The number of thioether (sulfide) groups is 1. The third-order valence-electron chi connectivity index (χ3n) is 4.11. The molecule has 24 heavy (non-hydrogen) atoms. The Hall–Kier alpha value is -1.79. The summed E-state index contributed by atoms with van der Waals surface area (Å²) in [5, 5.41) is 3.01. The van der Waals surface area contributed by atoms with E-state index in [1.165, 1.54) is 11.0 Å². The van der Waals surface area contributed by atoms with Gasteiger partial charge >= 0.3 is 0 Å². The highest BCUT2D eigenvalue weighted by molar-refractivity contribution is 7.99. The number of carbonyl (C=O) groups excluding carboxylic acids is 1. The Morgan fingerprint density at radius 3 is 2.67 bits per heavy atom. The SMILES string of the molecule is CCS(=O)(=O)c1ccccc1C(=O)N[C@H]1CCSc2ccccc21. The predicted octanol–water partition coefficient (Wildman–Crippen LogP) is 3.45. The number of nitrogens with one attached hydrogen (secondary N) is 1. The monoisotopic (exact) mass is 361 g/mol. The van der Waals surface area contributed by atoms with Crippen molar-refractivity contribution in [3.05, 3.63) is 59.7 Å². The highest BCUT2D eigenvalue weighted by atomic mass is 32.2. The van der Waals surface area contributed by atoms with E-state index < -0.39 is 9.84 Å². The van der Waals surface area contributed by atoms with Gasteiger partial charge in [-0.1, -0.05) is 37.3 Å². The quantitative estimate of drug-likeness (QED) is 0.906. The third-order valence-corrected chi connectivity index (χ3v) is 7.02. The Labute approximate surface area is 146 Å². The molecule has 0 aromatic heterocycles. The van der Waals surface area contributed by atoms with Crippen molar-refractivity contribution in [1.82, 2.24) is 5.32 Å². The maximum absolute atomic E-state index is 12.7. The molecule has 0 radical (unpaired) electrons. The normalized spacial score (nSPS) is 17.1. The maximum atomic E-state index is 12.7. The highest BCUT2D eigenvalue weighted by Gasteiger charge is 2.25. The second kappa shape index (κ2) is 6.99.